The Bertz CT molecular complexity index is 911. The van der Waals surface area contributed by atoms with Gasteiger partial charge < -0.3 is 30.9 Å². The minimum Gasteiger partial charge on any atom is -0.461 e. The highest BCUT2D eigenvalue weighted by molar-refractivity contribution is 5.84. The molecule has 0 saturated carbocycles. The number of rotatable bonds is 25. The molecular formula is C33H55N3O7. The summed E-state index contributed by atoms with van der Waals surface area (Å²) in [7, 11) is 0. The highest BCUT2D eigenvalue weighted by atomic mass is 16.5. The molecule has 0 radical (unpaired) electrons. The maximum atomic E-state index is 13.1. The van der Waals surface area contributed by atoms with Crippen LogP contribution in [-0.2, 0) is 30.5 Å². The molecule has 0 unspecified atom stereocenters. The largest absolute Gasteiger partial charge is 0.461 e. The van der Waals surface area contributed by atoms with E-state index in [0.29, 0.717) is 6.42 Å². The van der Waals surface area contributed by atoms with Crippen LogP contribution in [0.1, 0.15) is 122 Å². The van der Waals surface area contributed by atoms with Crippen molar-refractivity contribution in [2.45, 2.75) is 141 Å². The second kappa shape index (κ2) is 24.3. The van der Waals surface area contributed by atoms with Crippen molar-refractivity contribution >= 4 is 23.9 Å². The van der Waals surface area contributed by atoms with Crippen molar-refractivity contribution in [1.82, 2.24) is 10.6 Å². The van der Waals surface area contributed by atoms with Gasteiger partial charge in [0.05, 0.1) is 12.5 Å². The third kappa shape index (κ3) is 21.2. The van der Waals surface area contributed by atoms with E-state index in [-0.39, 0.29) is 38.8 Å². The van der Waals surface area contributed by atoms with E-state index in [9.17, 15) is 24.3 Å². The van der Waals surface area contributed by atoms with Gasteiger partial charge in [-0.15, -0.1) is 0 Å². The van der Waals surface area contributed by atoms with Gasteiger partial charge in [-0.2, -0.15) is 0 Å². The molecule has 0 saturated heterocycles. The fourth-order valence-electron chi connectivity index (χ4n) is 4.67. The Morgan fingerprint density at radius 1 is 0.860 bits per heavy atom. The van der Waals surface area contributed by atoms with Gasteiger partial charge >= 0.3 is 18.0 Å². The fourth-order valence-corrected chi connectivity index (χ4v) is 4.67. The van der Waals surface area contributed by atoms with Gasteiger partial charge in [0.15, 0.2) is 0 Å². The van der Waals surface area contributed by atoms with E-state index in [1.54, 1.807) is 0 Å². The Morgan fingerprint density at radius 3 is 2.05 bits per heavy atom. The number of esters is 2. The van der Waals surface area contributed by atoms with Crippen LogP contribution in [0.3, 0.4) is 0 Å². The molecule has 0 spiro atoms. The Kier molecular flexibility index (Phi) is 21.4. The number of nitrogens with one attached hydrogen (secondary N) is 2. The Balaban J connectivity index is 2.55. The molecule has 1 rings (SSSR count). The number of hydrogen-bond donors (Lipinski definition) is 4. The molecule has 0 fully saturated rings. The molecule has 0 aliphatic heterocycles. The lowest BCUT2D eigenvalue weighted by molar-refractivity contribution is -0.153. The van der Waals surface area contributed by atoms with Crippen LogP contribution in [0.5, 0.6) is 0 Å². The van der Waals surface area contributed by atoms with Gasteiger partial charge in [0.2, 0.25) is 5.91 Å². The summed E-state index contributed by atoms with van der Waals surface area (Å²) in [5.41, 5.74) is 6.29. The molecular weight excluding hydrogens is 550 g/mol. The van der Waals surface area contributed by atoms with Crippen molar-refractivity contribution in [2.24, 2.45) is 5.73 Å². The predicted octanol–water partition coefficient (Wildman–Crippen LogP) is 5.44. The third-order valence-electron chi connectivity index (χ3n) is 7.11. The van der Waals surface area contributed by atoms with Crippen LogP contribution in [-0.4, -0.2) is 53.8 Å². The van der Waals surface area contributed by atoms with E-state index < -0.39 is 42.1 Å². The molecule has 3 atom stereocenters. The van der Waals surface area contributed by atoms with Crippen LogP contribution >= 0.6 is 0 Å². The number of carbonyl (C=O) groups excluding carboxylic acids is 4. The highest BCUT2D eigenvalue weighted by Crippen LogP contribution is 2.16. The summed E-state index contributed by atoms with van der Waals surface area (Å²) in [5.74, 6) is -1.68. The van der Waals surface area contributed by atoms with E-state index in [1.165, 1.54) is 51.9 Å². The summed E-state index contributed by atoms with van der Waals surface area (Å²) < 4.78 is 11.0. The molecule has 10 nitrogen and oxygen atoms in total. The van der Waals surface area contributed by atoms with Crippen LogP contribution in [0.15, 0.2) is 30.3 Å². The number of hydrogen-bond acceptors (Lipinski definition) is 7. The van der Waals surface area contributed by atoms with Crippen molar-refractivity contribution in [1.29, 1.82) is 0 Å². The zero-order valence-electron chi connectivity index (χ0n) is 26.3. The Morgan fingerprint density at radius 2 is 1.47 bits per heavy atom. The van der Waals surface area contributed by atoms with Crippen molar-refractivity contribution < 1.29 is 33.8 Å². The second-order valence-corrected chi connectivity index (χ2v) is 11.3. The van der Waals surface area contributed by atoms with E-state index >= 15 is 0 Å². The van der Waals surface area contributed by atoms with E-state index in [1.807, 2.05) is 30.3 Å². The standard InChI is InChI=1S/C33H55N3O7/c1-3-4-5-6-7-8-9-10-11-12-16-20-28(23-30(34)38)43-32(40)29(36-33(41)35-24-26(2)37)21-17-22-31(39)42-25-27-18-14-13-15-19-27/h13-15,18-19,26,28-29,37H,3-12,16-17,20-25H2,1-2H3,(H2,34,38)(H2,35,36,41)/t26-,28-,29-/m0/s1. The first-order chi connectivity index (χ1) is 20.7. The number of urea groups is 1. The minimum absolute atomic E-state index is 0.00255. The van der Waals surface area contributed by atoms with E-state index in [0.717, 1.165) is 31.2 Å². The van der Waals surface area contributed by atoms with Gasteiger partial charge in [0.25, 0.3) is 0 Å². The predicted molar refractivity (Wildman–Crippen MR) is 167 cm³/mol. The Hall–Kier alpha value is -3.14. The number of carbonyl (C=O) groups is 4. The van der Waals surface area contributed by atoms with Gasteiger partial charge in [0.1, 0.15) is 18.8 Å². The molecule has 1 aromatic rings. The number of benzene rings is 1. The van der Waals surface area contributed by atoms with Gasteiger partial charge in [-0.1, -0.05) is 101 Å². The van der Waals surface area contributed by atoms with Crippen LogP contribution in [0.2, 0.25) is 0 Å². The van der Waals surface area contributed by atoms with Crippen LogP contribution in [0, 0.1) is 0 Å². The van der Waals surface area contributed by atoms with Crippen molar-refractivity contribution in [3.05, 3.63) is 35.9 Å². The maximum absolute atomic E-state index is 13.1. The summed E-state index contributed by atoms with van der Waals surface area (Å²) in [6, 6.07) is 7.60. The lowest BCUT2D eigenvalue weighted by Gasteiger charge is -2.22. The lowest BCUT2D eigenvalue weighted by Crippen LogP contribution is -2.48. The van der Waals surface area contributed by atoms with E-state index in [2.05, 4.69) is 17.6 Å². The first-order valence-electron chi connectivity index (χ1n) is 16.1. The maximum Gasteiger partial charge on any atom is 0.328 e. The van der Waals surface area contributed by atoms with Crippen molar-refractivity contribution in [2.75, 3.05) is 6.54 Å². The summed E-state index contributed by atoms with van der Waals surface area (Å²) in [5, 5.41) is 14.5. The number of ether oxygens (including phenoxy) is 2. The summed E-state index contributed by atoms with van der Waals surface area (Å²) >= 11 is 0. The molecule has 3 amide bonds. The SMILES string of the molecule is CCCCCCCCCCCCC[C@@H](CC(N)=O)OC(=O)[C@H](CCCC(=O)OCc1ccccc1)NC(=O)NC[C@H](C)O. The molecule has 244 valence electrons. The number of primary amides is 1. The molecule has 0 bridgehead atoms. The molecule has 43 heavy (non-hydrogen) atoms. The summed E-state index contributed by atoms with van der Waals surface area (Å²) in [6.45, 7) is 3.90. The molecule has 1 aromatic carbocycles. The molecule has 10 heteroatoms. The number of amides is 3. The monoisotopic (exact) mass is 605 g/mol. The van der Waals surface area contributed by atoms with Crippen LogP contribution < -0.4 is 16.4 Å². The molecule has 0 heterocycles. The van der Waals surface area contributed by atoms with Gasteiger partial charge in [-0.05, 0) is 38.2 Å². The first-order valence-corrected chi connectivity index (χ1v) is 16.1. The zero-order valence-corrected chi connectivity index (χ0v) is 26.3. The average molecular weight is 606 g/mol. The summed E-state index contributed by atoms with van der Waals surface area (Å²) in [6.07, 6.45) is 12.4. The highest BCUT2D eigenvalue weighted by Gasteiger charge is 2.26. The smallest absolute Gasteiger partial charge is 0.328 e. The average Bonchev–Trinajstić information content (AvgIpc) is 2.97. The van der Waals surface area contributed by atoms with Crippen molar-refractivity contribution in [3.63, 3.8) is 0 Å². The number of aliphatic hydroxyl groups is 1. The normalized spacial score (nSPS) is 13.0. The van der Waals surface area contributed by atoms with Crippen LogP contribution in [0.25, 0.3) is 0 Å². The molecule has 0 aliphatic rings. The topological polar surface area (TPSA) is 157 Å². The van der Waals surface area contributed by atoms with E-state index in [4.69, 9.17) is 15.2 Å². The summed E-state index contributed by atoms with van der Waals surface area (Å²) in [4.78, 5) is 49.4. The quantitative estimate of drug-likeness (QED) is 0.0854. The molecule has 0 aliphatic carbocycles. The van der Waals surface area contributed by atoms with Crippen molar-refractivity contribution in [3.8, 4) is 0 Å². The third-order valence-corrected chi connectivity index (χ3v) is 7.11. The first kappa shape index (κ1) is 37.9. The molecule has 5 N–H and O–H groups in total. The lowest BCUT2D eigenvalue weighted by atomic mass is 10.0. The van der Waals surface area contributed by atoms with Gasteiger partial charge in [-0.25, -0.2) is 9.59 Å². The van der Waals surface area contributed by atoms with Crippen LogP contribution in [0.4, 0.5) is 4.79 Å². The fraction of sp³-hybridized carbons (Fsp3) is 0.697. The number of unbranched alkanes of at least 4 members (excludes halogenated alkanes) is 10. The Labute approximate surface area is 257 Å². The minimum atomic E-state index is -1.05. The molecule has 0 aromatic heterocycles. The van der Waals surface area contributed by atoms with Gasteiger partial charge in [-0.3, -0.25) is 9.59 Å². The van der Waals surface area contributed by atoms with Gasteiger partial charge in [0, 0.05) is 13.0 Å². The number of aliphatic hydroxyl groups excluding tert-OH is 1. The number of nitrogens with two attached hydrogens (primary N) is 1. The second-order valence-electron chi connectivity index (χ2n) is 11.3. The zero-order chi connectivity index (χ0) is 31.7.